The summed E-state index contributed by atoms with van der Waals surface area (Å²) < 4.78 is 5.54. The summed E-state index contributed by atoms with van der Waals surface area (Å²) >= 11 is 0. The van der Waals surface area contributed by atoms with Gasteiger partial charge in [-0.1, -0.05) is 25.1 Å². The maximum absolute atomic E-state index is 5.54. The van der Waals surface area contributed by atoms with Crippen LogP contribution >= 0.6 is 0 Å². The monoisotopic (exact) mass is 332 g/mol. The number of hydrogen-bond donors (Lipinski definition) is 1. The smallest absolute Gasteiger partial charge is 0.193 e. The van der Waals surface area contributed by atoms with Gasteiger partial charge in [0.2, 0.25) is 0 Å². The lowest BCUT2D eigenvalue weighted by molar-refractivity contribution is 0.261. The number of hydrogen-bond acceptors (Lipinski definition) is 3. The molecule has 0 aliphatic carbocycles. The number of likely N-dealkylation sites (N-methyl/N-ethyl adjacent to an activating group) is 1. The van der Waals surface area contributed by atoms with Crippen molar-refractivity contribution in [3.8, 4) is 5.75 Å². The minimum atomic E-state index is 0.224. The molecule has 1 aromatic rings. The Morgan fingerprint density at radius 2 is 2.00 bits per heavy atom. The zero-order valence-corrected chi connectivity index (χ0v) is 15.7. The number of methoxy groups -OCH3 is 1. The lowest BCUT2D eigenvalue weighted by Gasteiger charge is -2.34. The third-order valence-corrected chi connectivity index (χ3v) is 4.87. The van der Waals surface area contributed by atoms with Crippen LogP contribution < -0.4 is 10.1 Å². The number of rotatable bonds is 5. The van der Waals surface area contributed by atoms with E-state index in [4.69, 9.17) is 4.74 Å². The molecule has 0 aromatic heterocycles. The summed E-state index contributed by atoms with van der Waals surface area (Å²) in [7, 11) is 7.80. The van der Waals surface area contributed by atoms with Crippen LogP contribution in [0.5, 0.6) is 5.75 Å². The van der Waals surface area contributed by atoms with E-state index in [1.165, 1.54) is 18.4 Å². The van der Waals surface area contributed by atoms with E-state index in [0.29, 0.717) is 0 Å². The predicted octanol–water partition coefficient (Wildman–Crippen LogP) is 2.61. The van der Waals surface area contributed by atoms with Crippen molar-refractivity contribution in [2.45, 2.75) is 25.8 Å². The molecule has 1 aliphatic rings. The molecule has 1 aliphatic heterocycles. The number of nitrogens with one attached hydrogen (secondary N) is 1. The van der Waals surface area contributed by atoms with Crippen molar-refractivity contribution in [3.05, 3.63) is 29.8 Å². The van der Waals surface area contributed by atoms with Gasteiger partial charge < -0.3 is 19.9 Å². The highest BCUT2D eigenvalue weighted by molar-refractivity contribution is 5.80. The zero-order valence-electron chi connectivity index (χ0n) is 15.7. The van der Waals surface area contributed by atoms with Gasteiger partial charge in [0.15, 0.2) is 5.96 Å². The topological polar surface area (TPSA) is 40.1 Å². The highest BCUT2D eigenvalue weighted by Gasteiger charge is 2.22. The number of nitrogens with zero attached hydrogens (tertiary/aromatic N) is 3. The minimum Gasteiger partial charge on any atom is -0.496 e. The van der Waals surface area contributed by atoms with Crippen LogP contribution in [0.4, 0.5) is 0 Å². The Balaban J connectivity index is 2.05. The minimum absolute atomic E-state index is 0.224. The molecule has 1 atom stereocenters. The van der Waals surface area contributed by atoms with Crippen molar-refractivity contribution in [1.29, 1.82) is 0 Å². The molecule has 0 radical (unpaired) electrons. The lowest BCUT2D eigenvalue weighted by Crippen LogP contribution is -2.47. The summed E-state index contributed by atoms with van der Waals surface area (Å²) in [5.41, 5.74) is 1.19. The quantitative estimate of drug-likeness (QED) is 0.665. The normalized spacial score (nSPS) is 17.9. The Kier molecular flexibility index (Phi) is 6.91. The molecular formula is C19H32N4O. The van der Waals surface area contributed by atoms with Gasteiger partial charge >= 0.3 is 0 Å². The summed E-state index contributed by atoms with van der Waals surface area (Å²) in [5.74, 6) is 2.76. The van der Waals surface area contributed by atoms with Gasteiger partial charge in [-0.2, -0.15) is 0 Å². The number of aliphatic imine (C=N–C) groups is 1. The average molecular weight is 332 g/mol. The van der Waals surface area contributed by atoms with Crippen molar-refractivity contribution in [2.75, 3.05) is 47.9 Å². The first-order chi connectivity index (χ1) is 11.6. The molecule has 2 rings (SSSR count). The van der Waals surface area contributed by atoms with Crippen molar-refractivity contribution < 1.29 is 4.74 Å². The van der Waals surface area contributed by atoms with E-state index in [0.717, 1.165) is 37.3 Å². The average Bonchev–Trinajstić information content (AvgIpc) is 2.59. The van der Waals surface area contributed by atoms with Crippen LogP contribution in [0.25, 0.3) is 0 Å². The van der Waals surface area contributed by atoms with Gasteiger partial charge in [0.1, 0.15) is 5.75 Å². The SMILES string of the molecule is CN=C(NCC(c1ccccc1OC)N(C)C)N1CCC(C)CC1. The van der Waals surface area contributed by atoms with Gasteiger partial charge in [0.05, 0.1) is 13.2 Å². The highest BCUT2D eigenvalue weighted by Crippen LogP contribution is 2.27. The standard InChI is InChI=1S/C19H32N4O/c1-15-10-12-23(13-11-15)19(20-2)21-14-17(22(3)4)16-8-6-7-9-18(16)24-5/h6-9,15,17H,10-14H2,1-5H3,(H,20,21). The first-order valence-corrected chi connectivity index (χ1v) is 8.81. The van der Waals surface area contributed by atoms with Crippen molar-refractivity contribution >= 4 is 5.96 Å². The molecule has 0 amide bonds. The first-order valence-electron chi connectivity index (χ1n) is 8.81. The number of guanidine groups is 1. The maximum atomic E-state index is 5.54. The molecular weight excluding hydrogens is 300 g/mol. The van der Waals surface area contributed by atoms with Gasteiger partial charge in [-0.3, -0.25) is 4.99 Å². The molecule has 1 unspecified atom stereocenters. The van der Waals surface area contributed by atoms with E-state index in [2.05, 4.69) is 53.3 Å². The molecule has 1 saturated heterocycles. The van der Waals surface area contributed by atoms with Crippen LogP contribution in [-0.2, 0) is 0 Å². The molecule has 0 saturated carbocycles. The van der Waals surface area contributed by atoms with Crippen LogP contribution in [-0.4, -0.2) is 63.6 Å². The van der Waals surface area contributed by atoms with Crippen LogP contribution in [0, 0.1) is 5.92 Å². The highest BCUT2D eigenvalue weighted by atomic mass is 16.5. The van der Waals surface area contributed by atoms with E-state index >= 15 is 0 Å². The van der Waals surface area contributed by atoms with E-state index in [9.17, 15) is 0 Å². The van der Waals surface area contributed by atoms with Gasteiger partial charge in [0, 0.05) is 32.2 Å². The Labute approximate surface area is 146 Å². The van der Waals surface area contributed by atoms with Gasteiger partial charge in [-0.05, 0) is 38.9 Å². The summed E-state index contributed by atoms with van der Waals surface area (Å²) in [6.07, 6.45) is 2.48. The van der Waals surface area contributed by atoms with E-state index in [-0.39, 0.29) is 6.04 Å². The fourth-order valence-corrected chi connectivity index (χ4v) is 3.25. The molecule has 134 valence electrons. The fourth-order valence-electron chi connectivity index (χ4n) is 3.25. The number of likely N-dealkylation sites (tertiary alicyclic amines) is 1. The summed E-state index contributed by atoms with van der Waals surface area (Å²) in [4.78, 5) is 9.07. The Hall–Kier alpha value is -1.75. The predicted molar refractivity (Wildman–Crippen MR) is 101 cm³/mol. The summed E-state index contributed by atoms with van der Waals surface area (Å²) in [5, 5.41) is 3.56. The second-order valence-corrected chi connectivity index (χ2v) is 6.82. The second-order valence-electron chi connectivity index (χ2n) is 6.82. The Bertz CT molecular complexity index is 536. The van der Waals surface area contributed by atoms with Gasteiger partial charge in [-0.25, -0.2) is 0 Å². The molecule has 5 heteroatoms. The molecule has 0 spiro atoms. The largest absolute Gasteiger partial charge is 0.496 e. The summed E-state index contributed by atoms with van der Waals surface area (Å²) in [6, 6.07) is 8.45. The van der Waals surface area contributed by atoms with Crippen LogP contribution in [0.3, 0.4) is 0 Å². The number of piperidine rings is 1. The van der Waals surface area contributed by atoms with Crippen LogP contribution in [0.2, 0.25) is 0 Å². The number of benzene rings is 1. The molecule has 24 heavy (non-hydrogen) atoms. The first kappa shape index (κ1) is 18.6. The summed E-state index contributed by atoms with van der Waals surface area (Å²) in [6.45, 7) is 5.30. The van der Waals surface area contributed by atoms with E-state index in [1.54, 1.807) is 7.11 Å². The number of para-hydroxylation sites is 1. The van der Waals surface area contributed by atoms with Crippen LogP contribution in [0.1, 0.15) is 31.4 Å². The van der Waals surface area contributed by atoms with Crippen molar-refractivity contribution in [3.63, 3.8) is 0 Å². The fraction of sp³-hybridized carbons (Fsp3) is 0.632. The molecule has 1 heterocycles. The molecule has 1 fully saturated rings. The Morgan fingerprint density at radius 1 is 1.33 bits per heavy atom. The zero-order chi connectivity index (χ0) is 17.5. The lowest BCUT2D eigenvalue weighted by atomic mass is 9.99. The van der Waals surface area contributed by atoms with Crippen molar-refractivity contribution in [1.82, 2.24) is 15.1 Å². The van der Waals surface area contributed by atoms with E-state index < -0.39 is 0 Å². The molecule has 1 aromatic carbocycles. The van der Waals surface area contributed by atoms with Crippen molar-refractivity contribution in [2.24, 2.45) is 10.9 Å². The third-order valence-electron chi connectivity index (χ3n) is 4.87. The third kappa shape index (κ3) is 4.63. The van der Waals surface area contributed by atoms with E-state index in [1.807, 2.05) is 19.2 Å². The van der Waals surface area contributed by atoms with Gasteiger partial charge in [0.25, 0.3) is 0 Å². The van der Waals surface area contributed by atoms with Gasteiger partial charge in [-0.15, -0.1) is 0 Å². The molecule has 5 nitrogen and oxygen atoms in total. The number of ether oxygens (including phenoxy) is 1. The van der Waals surface area contributed by atoms with Crippen LogP contribution in [0.15, 0.2) is 29.3 Å². The molecule has 0 bridgehead atoms. The second kappa shape index (κ2) is 8.92. The Morgan fingerprint density at radius 3 is 2.58 bits per heavy atom. The molecule has 1 N–H and O–H groups in total. The maximum Gasteiger partial charge on any atom is 0.193 e.